The van der Waals surface area contributed by atoms with Crippen molar-refractivity contribution in [3.05, 3.63) is 30.6 Å². The standard InChI is InChI=1S/C19H26N8O3/c1-3-30-18(29)14-9-25-7-8-26(17(28)16-22-13-24(2)23-16)11-15(25)12-27(10-14)19-20-5-4-6-21-19/h4-6,13-15H,3,7-12H2,1-2H3/t14-,15+/m1/s1. The average molecular weight is 414 g/mol. The van der Waals surface area contributed by atoms with E-state index in [1.54, 1.807) is 30.4 Å². The molecule has 2 atom stereocenters. The first kappa shape index (κ1) is 20.2. The van der Waals surface area contributed by atoms with Gasteiger partial charge in [-0.05, 0) is 13.0 Å². The van der Waals surface area contributed by atoms with Crippen molar-refractivity contribution in [1.82, 2.24) is 34.5 Å². The Labute approximate surface area is 174 Å². The van der Waals surface area contributed by atoms with Crippen LogP contribution in [0.2, 0.25) is 0 Å². The van der Waals surface area contributed by atoms with Crippen LogP contribution in [0.4, 0.5) is 5.95 Å². The molecule has 4 heterocycles. The summed E-state index contributed by atoms with van der Waals surface area (Å²) in [6.45, 7) is 5.58. The molecule has 11 nitrogen and oxygen atoms in total. The highest BCUT2D eigenvalue weighted by molar-refractivity contribution is 5.90. The molecular weight excluding hydrogens is 388 g/mol. The number of aryl methyl sites for hydroxylation is 1. The van der Waals surface area contributed by atoms with Gasteiger partial charge in [0, 0.05) is 64.8 Å². The van der Waals surface area contributed by atoms with Crippen molar-refractivity contribution in [2.45, 2.75) is 13.0 Å². The molecule has 2 saturated heterocycles. The normalized spacial score (nSPS) is 22.3. The molecule has 0 aromatic carbocycles. The number of carbonyl (C=O) groups is 2. The molecule has 2 aliphatic rings. The summed E-state index contributed by atoms with van der Waals surface area (Å²) in [5, 5.41) is 4.14. The number of esters is 1. The molecule has 0 bridgehead atoms. The minimum Gasteiger partial charge on any atom is -0.466 e. The zero-order valence-corrected chi connectivity index (χ0v) is 17.2. The second kappa shape index (κ2) is 8.74. The molecule has 0 spiro atoms. The van der Waals surface area contributed by atoms with E-state index in [1.165, 1.54) is 11.0 Å². The van der Waals surface area contributed by atoms with E-state index in [-0.39, 0.29) is 29.7 Å². The van der Waals surface area contributed by atoms with Gasteiger partial charge in [-0.25, -0.2) is 15.0 Å². The van der Waals surface area contributed by atoms with Gasteiger partial charge < -0.3 is 14.5 Å². The van der Waals surface area contributed by atoms with E-state index >= 15 is 0 Å². The van der Waals surface area contributed by atoms with Crippen LogP contribution >= 0.6 is 0 Å². The molecule has 160 valence electrons. The second-order valence-electron chi connectivity index (χ2n) is 7.54. The lowest BCUT2D eigenvalue weighted by atomic mass is 10.1. The van der Waals surface area contributed by atoms with Crippen LogP contribution < -0.4 is 4.90 Å². The van der Waals surface area contributed by atoms with Gasteiger partial charge in [0.1, 0.15) is 6.33 Å². The van der Waals surface area contributed by atoms with E-state index in [0.717, 1.165) is 0 Å². The Kier molecular flexibility index (Phi) is 5.88. The van der Waals surface area contributed by atoms with Gasteiger partial charge in [-0.2, -0.15) is 0 Å². The fourth-order valence-corrected chi connectivity index (χ4v) is 4.03. The highest BCUT2D eigenvalue weighted by Gasteiger charge is 2.39. The largest absolute Gasteiger partial charge is 0.466 e. The van der Waals surface area contributed by atoms with Crippen LogP contribution in [-0.2, 0) is 16.6 Å². The van der Waals surface area contributed by atoms with Crippen molar-refractivity contribution in [3.63, 3.8) is 0 Å². The number of piperazine rings is 1. The predicted octanol–water partition coefficient (Wildman–Crippen LogP) is -0.569. The van der Waals surface area contributed by atoms with Crippen LogP contribution in [0, 0.1) is 5.92 Å². The average Bonchev–Trinajstić information content (AvgIpc) is 3.10. The Balaban J connectivity index is 1.54. The highest BCUT2D eigenvalue weighted by atomic mass is 16.5. The maximum atomic E-state index is 12.8. The minimum absolute atomic E-state index is 0.0367. The number of carbonyl (C=O) groups excluding carboxylic acids is 2. The summed E-state index contributed by atoms with van der Waals surface area (Å²) in [4.78, 5) is 44.3. The minimum atomic E-state index is -0.307. The van der Waals surface area contributed by atoms with E-state index in [2.05, 4.69) is 25.0 Å². The lowest BCUT2D eigenvalue weighted by Crippen LogP contribution is -2.57. The highest BCUT2D eigenvalue weighted by Crippen LogP contribution is 2.22. The molecule has 4 rings (SSSR count). The quantitative estimate of drug-likeness (QED) is 0.608. The zero-order valence-electron chi connectivity index (χ0n) is 17.2. The van der Waals surface area contributed by atoms with Gasteiger partial charge in [-0.3, -0.25) is 19.2 Å². The molecule has 0 unspecified atom stereocenters. The van der Waals surface area contributed by atoms with Gasteiger partial charge in [0.15, 0.2) is 0 Å². The third kappa shape index (κ3) is 4.25. The van der Waals surface area contributed by atoms with Gasteiger partial charge in [0.25, 0.3) is 5.91 Å². The van der Waals surface area contributed by atoms with E-state index in [9.17, 15) is 9.59 Å². The van der Waals surface area contributed by atoms with E-state index in [0.29, 0.717) is 51.8 Å². The van der Waals surface area contributed by atoms with Crippen molar-refractivity contribution in [3.8, 4) is 0 Å². The first-order valence-electron chi connectivity index (χ1n) is 10.1. The fraction of sp³-hybridized carbons (Fsp3) is 0.579. The first-order chi connectivity index (χ1) is 14.5. The number of anilines is 1. The summed E-state index contributed by atoms with van der Waals surface area (Å²) in [5.74, 6) is 0.0772. The van der Waals surface area contributed by atoms with Crippen molar-refractivity contribution in [2.24, 2.45) is 13.0 Å². The van der Waals surface area contributed by atoms with Gasteiger partial charge in [0.2, 0.25) is 11.8 Å². The number of rotatable bonds is 4. The van der Waals surface area contributed by atoms with Gasteiger partial charge in [0.05, 0.1) is 12.5 Å². The number of aromatic nitrogens is 5. The van der Waals surface area contributed by atoms with Crippen LogP contribution in [0.15, 0.2) is 24.8 Å². The molecule has 11 heteroatoms. The van der Waals surface area contributed by atoms with Gasteiger partial charge in [-0.15, -0.1) is 5.10 Å². The molecule has 0 radical (unpaired) electrons. The number of amides is 1. The Bertz CT molecular complexity index is 889. The van der Waals surface area contributed by atoms with Gasteiger partial charge in [-0.1, -0.05) is 0 Å². The molecule has 2 aliphatic heterocycles. The smallest absolute Gasteiger partial charge is 0.312 e. The summed E-state index contributed by atoms with van der Waals surface area (Å²) in [5.41, 5.74) is 0. The Morgan fingerprint density at radius 1 is 1.10 bits per heavy atom. The van der Waals surface area contributed by atoms with Crippen molar-refractivity contribution in [1.29, 1.82) is 0 Å². The Morgan fingerprint density at radius 3 is 2.60 bits per heavy atom. The maximum absolute atomic E-state index is 12.8. The number of hydrogen-bond donors (Lipinski definition) is 0. The molecular formula is C19H26N8O3. The number of fused-ring (bicyclic) bond motifs is 1. The second-order valence-corrected chi connectivity index (χ2v) is 7.54. The van der Waals surface area contributed by atoms with E-state index < -0.39 is 0 Å². The lowest BCUT2D eigenvalue weighted by molar-refractivity contribution is -0.148. The fourth-order valence-electron chi connectivity index (χ4n) is 4.03. The van der Waals surface area contributed by atoms with Crippen molar-refractivity contribution in [2.75, 3.05) is 50.8 Å². The molecule has 30 heavy (non-hydrogen) atoms. The molecule has 0 N–H and O–H groups in total. The molecule has 0 aliphatic carbocycles. The van der Waals surface area contributed by atoms with Crippen molar-refractivity contribution < 1.29 is 14.3 Å². The van der Waals surface area contributed by atoms with Crippen LogP contribution in [0.5, 0.6) is 0 Å². The van der Waals surface area contributed by atoms with Crippen LogP contribution in [0.1, 0.15) is 17.5 Å². The summed E-state index contributed by atoms with van der Waals surface area (Å²) in [6, 6.07) is 1.80. The van der Waals surface area contributed by atoms with E-state index in [1.807, 2.05) is 11.8 Å². The van der Waals surface area contributed by atoms with Crippen molar-refractivity contribution >= 4 is 17.8 Å². The third-order valence-corrected chi connectivity index (χ3v) is 5.46. The zero-order chi connectivity index (χ0) is 21.1. The molecule has 0 saturated carbocycles. The van der Waals surface area contributed by atoms with Crippen LogP contribution in [0.25, 0.3) is 0 Å². The molecule has 2 aromatic heterocycles. The predicted molar refractivity (Wildman–Crippen MR) is 107 cm³/mol. The SMILES string of the molecule is CCOC(=O)[C@H]1CN(c2ncccn2)C[C@@H]2CN(C(=O)c3ncn(C)n3)CCN2C1. The topological polar surface area (TPSA) is 110 Å². The number of nitrogens with zero attached hydrogens (tertiary/aromatic N) is 8. The third-order valence-electron chi connectivity index (χ3n) is 5.46. The van der Waals surface area contributed by atoms with Crippen LogP contribution in [0.3, 0.4) is 0 Å². The maximum Gasteiger partial charge on any atom is 0.312 e. The monoisotopic (exact) mass is 414 g/mol. The summed E-state index contributed by atoms with van der Waals surface area (Å²) in [6.07, 6.45) is 4.90. The first-order valence-corrected chi connectivity index (χ1v) is 10.1. The lowest BCUT2D eigenvalue weighted by Gasteiger charge is -2.41. The molecule has 2 aromatic rings. The van der Waals surface area contributed by atoms with E-state index in [4.69, 9.17) is 4.74 Å². The summed E-state index contributed by atoms with van der Waals surface area (Å²) in [7, 11) is 1.74. The molecule has 1 amide bonds. The van der Waals surface area contributed by atoms with Gasteiger partial charge >= 0.3 is 5.97 Å². The number of ether oxygens (including phenoxy) is 1. The Morgan fingerprint density at radius 2 is 1.90 bits per heavy atom. The Hall–Kier alpha value is -3.08. The van der Waals surface area contributed by atoms with Crippen LogP contribution in [-0.4, -0.2) is 98.3 Å². The summed E-state index contributed by atoms with van der Waals surface area (Å²) < 4.78 is 6.83. The molecule has 2 fully saturated rings. The number of hydrogen-bond acceptors (Lipinski definition) is 9. The summed E-state index contributed by atoms with van der Waals surface area (Å²) >= 11 is 0.